The van der Waals surface area contributed by atoms with Gasteiger partial charge in [0.25, 0.3) is 0 Å². The lowest BCUT2D eigenvalue weighted by Crippen LogP contribution is -2.49. The van der Waals surface area contributed by atoms with Crippen molar-refractivity contribution in [1.29, 1.82) is 0 Å². The summed E-state index contributed by atoms with van der Waals surface area (Å²) in [5.41, 5.74) is 2.89. The third kappa shape index (κ3) is 2.79. The average Bonchev–Trinajstić information content (AvgIpc) is 3.57. The van der Waals surface area contributed by atoms with E-state index >= 15 is 0 Å². The van der Waals surface area contributed by atoms with Crippen LogP contribution in [-0.4, -0.2) is 34.5 Å². The largest absolute Gasteiger partial charge is 0.366 e. The zero-order chi connectivity index (χ0) is 26.5. The molecule has 5 aliphatic rings. The third-order valence-corrected chi connectivity index (χ3v) is 9.25. The van der Waals surface area contributed by atoms with Crippen LogP contribution < -0.4 is 10.6 Å². The van der Waals surface area contributed by atoms with Crippen molar-refractivity contribution < 1.29 is 14.4 Å². The smallest absolute Gasteiger partial charge is 0.244 e. The quantitative estimate of drug-likeness (QED) is 0.428. The highest BCUT2D eigenvalue weighted by molar-refractivity contribution is 6.33. The number of nitrogens with zero attached hydrogens (tertiary/aromatic N) is 1. The number of ketones is 2. The van der Waals surface area contributed by atoms with Gasteiger partial charge in [-0.1, -0.05) is 66.9 Å². The molecule has 0 radical (unpaired) electrons. The summed E-state index contributed by atoms with van der Waals surface area (Å²) >= 11 is 6.17. The summed E-state index contributed by atoms with van der Waals surface area (Å²) < 4.78 is 0. The summed E-state index contributed by atoms with van der Waals surface area (Å²) in [4.78, 5) is 45.7. The summed E-state index contributed by atoms with van der Waals surface area (Å²) in [5, 5.41) is 7.25. The first-order chi connectivity index (χ1) is 19.0. The van der Waals surface area contributed by atoms with Crippen LogP contribution in [0.1, 0.15) is 57.5 Å². The molecule has 8 rings (SSSR count). The van der Waals surface area contributed by atoms with E-state index in [-0.39, 0.29) is 29.6 Å². The van der Waals surface area contributed by atoms with E-state index < -0.39 is 5.41 Å². The molecule has 1 spiro atoms. The monoisotopic (exact) mass is 533 g/mol. The van der Waals surface area contributed by atoms with Crippen LogP contribution in [0.5, 0.6) is 0 Å². The predicted molar refractivity (Wildman–Crippen MR) is 148 cm³/mol. The number of benzene rings is 3. The number of fused-ring (bicyclic) bond motifs is 9. The van der Waals surface area contributed by atoms with E-state index in [4.69, 9.17) is 11.6 Å². The van der Waals surface area contributed by atoms with E-state index in [1.807, 2.05) is 48.5 Å². The molecule has 2 aliphatic carbocycles. The van der Waals surface area contributed by atoms with Crippen molar-refractivity contribution in [2.75, 3.05) is 5.32 Å². The van der Waals surface area contributed by atoms with Gasteiger partial charge in [-0.05, 0) is 43.2 Å². The van der Waals surface area contributed by atoms with Crippen molar-refractivity contribution in [3.8, 4) is 0 Å². The Morgan fingerprint density at radius 1 is 0.897 bits per heavy atom. The van der Waals surface area contributed by atoms with Crippen LogP contribution in [0, 0.1) is 0 Å². The molecule has 3 aromatic carbocycles. The highest BCUT2D eigenvalue weighted by Crippen LogP contribution is 2.60. The Kier molecular flexibility index (Phi) is 4.63. The molecule has 3 atom stereocenters. The maximum absolute atomic E-state index is 14.7. The molecule has 3 aromatic rings. The van der Waals surface area contributed by atoms with Crippen LogP contribution in [0.2, 0.25) is 5.02 Å². The molecule has 2 fully saturated rings. The van der Waals surface area contributed by atoms with Crippen LogP contribution in [0.4, 0.5) is 5.69 Å². The van der Waals surface area contributed by atoms with Gasteiger partial charge in [-0.15, -0.1) is 0 Å². The van der Waals surface area contributed by atoms with Crippen LogP contribution in [0.15, 0.2) is 89.8 Å². The Balaban J connectivity index is 1.50. The first-order valence-corrected chi connectivity index (χ1v) is 13.8. The van der Waals surface area contributed by atoms with E-state index in [9.17, 15) is 14.4 Å². The summed E-state index contributed by atoms with van der Waals surface area (Å²) in [6.45, 7) is 0. The molecule has 39 heavy (non-hydrogen) atoms. The molecule has 2 N–H and O–H groups in total. The van der Waals surface area contributed by atoms with Gasteiger partial charge >= 0.3 is 0 Å². The number of halogens is 1. The number of carbonyl (C=O) groups is 3. The highest BCUT2D eigenvalue weighted by atomic mass is 35.5. The molecule has 7 heteroatoms. The Bertz CT molecular complexity index is 1710. The Morgan fingerprint density at radius 3 is 2.44 bits per heavy atom. The van der Waals surface area contributed by atoms with Crippen molar-refractivity contribution in [3.05, 3.63) is 117 Å². The molecule has 1 amide bonds. The number of nitrogens with one attached hydrogen (secondary N) is 2. The van der Waals surface area contributed by atoms with E-state index in [0.29, 0.717) is 44.4 Å². The number of amides is 1. The number of para-hydroxylation sites is 1. The molecule has 0 bridgehead atoms. The predicted octanol–water partition coefficient (Wildman–Crippen LogP) is 5.46. The lowest BCUT2D eigenvalue weighted by molar-refractivity contribution is -0.118. The third-order valence-electron chi connectivity index (χ3n) is 9.00. The molecule has 192 valence electrons. The fraction of sp³-hybridized carbons (Fsp3) is 0.219. The van der Waals surface area contributed by atoms with E-state index in [1.165, 1.54) is 0 Å². The minimum absolute atomic E-state index is 0.0859. The maximum atomic E-state index is 14.7. The number of carbonyl (C=O) groups excluding carboxylic acids is 3. The van der Waals surface area contributed by atoms with Crippen LogP contribution in [0.25, 0.3) is 5.70 Å². The van der Waals surface area contributed by atoms with Crippen molar-refractivity contribution in [2.24, 2.45) is 0 Å². The molecule has 6 nitrogen and oxygen atoms in total. The molecule has 3 aliphatic heterocycles. The fourth-order valence-electron chi connectivity index (χ4n) is 7.41. The van der Waals surface area contributed by atoms with Gasteiger partial charge in [0.15, 0.2) is 11.6 Å². The van der Waals surface area contributed by atoms with Crippen LogP contribution in [-0.2, 0) is 10.2 Å². The second kappa shape index (κ2) is 7.93. The van der Waals surface area contributed by atoms with Crippen molar-refractivity contribution >= 4 is 40.5 Å². The summed E-state index contributed by atoms with van der Waals surface area (Å²) in [7, 11) is 0. The Labute approximate surface area is 230 Å². The normalized spacial score (nSPS) is 26.1. The van der Waals surface area contributed by atoms with Gasteiger partial charge in [-0.25, -0.2) is 0 Å². The maximum Gasteiger partial charge on any atom is 0.244 e. The molecule has 1 saturated heterocycles. The van der Waals surface area contributed by atoms with Crippen LogP contribution in [0.3, 0.4) is 0 Å². The molecule has 1 saturated carbocycles. The van der Waals surface area contributed by atoms with E-state index in [2.05, 4.69) is 15.5 Å². The van der Waals surface area contributed by atoms with Gasteiger partial charge < -0.3 is 15.5 Å². The van der Waals surface area contributed by atoms with Gasteiger partial charge in [0.1, 0.15) is 11.2 Å². The number of hydrogen-bond donors (Lipinski definition) is 2. The average molecular weight is 534 g/mol. The molecule has 3 heterocycles. The topological polar surface area (TPSA) is 78.5 Å². The molecule has 2 unspecified atom stereocenters. The SMILES string of the molecule is O=C(C1=C2NC3CCCCC3N2C2=C(C(=O)c3ccccc32)[C@@]12C(=O)Nc1ccccc12)c1ccc(Cl)cc1. The minimum atomic E-state index is -1.59. The van der Waals surface area contributed by atoms with Gasteiger partial charge in [-0.2, -0.15) is 0 Å². The molecule has 0 aromatic heterocycles. The zero-order valence-corrected chi connectivity index (χ0v) is 21.7. The first kappa shape index (κ1) is 22.8. The number of hydrogen-bond acceptors (Lipinski definition) is 5. The molecular formula is C32H24ClN3O3. The van der Waals surface area contributed by atoms with Crippen molar-refractivity contribution in [2.45, 2.75) is 43.2 Å². The minimum Gasteiger partial charge on any atom is -0.366 e. The highest BCUT2D eigenvalue weighted by Gasteiger charge is 2.65. The fourth-order valence-corrected chi connectivity index (χ4v) is 7.54. The van der Waals surface area contributed by atoms with Gasteiger partial charge in [0, 0.05) is 44.6 Å². The number of rotatable bonds is 2. The van der Waals surface area contributed by atoms with Crippen molar-refractivity contribution in [3.63, 3.8) is 0 Å². The second-order valence-corrected chi connectivity index (χ2v) is 11.3. The Hall–Kier alpha value is -4.16. The second-order valence-electron chi connectivity index (χ2n) is 10.9. The number of anilines is 1. The zero-order valence-electron chi connectivity index (χ0n) is 21.0. The first-order valence-electron chi connectivity index (χ1n) is 13.4. The van der Waals surface area contributed by atoms with Crippen LogP contribution >= 0.6 is 11.6 Å². The summed E-state index contributed by atoms with van der Waals surface area (Å²) in [6.07, 6.45) is 4.05. The lowest BCUT2D eigenvalue weighted by Gasteiger charge is -2.42. The lowest BCUT2D eigenvalue weighted by atomic mass is 9.64. The summed E-state index contributed by atoms with van der Waals surface area (Å²) in [5.74, 6) is -0.229. The van der Waals surface area contributed by atoms with Gasteiger partial charge in [0.2, 0.25) is 5.91 Å². The summed E-state index contributed by atoms with van der Waals surface area (Å²) in [6, 6.07) is 21.9. The standard InChI is InChI=1S/C32H24ClN3O3/c33-18-15-13-17(14-16-18)28(37)26-30-34-23-11-5-6-12-24(23)36(30)27-19-7-1-2-8-20(19)29(38)25(27)32(26)21-9-3-4-10-22(21)35-31(32)39/h1-4,7-10,13-16,23-24,34H,5-6,11-12H2,(H,35,39)/t23?,24?,32-/m1/s1. The van der Waals surface area contributed by atoms with E-state index in [1.54, 1.807) is 24.3 Å². The van der Waals surface area contributed by atoms with Gasteiger partial charge in [0.05, 0.1) is 17.3 Å². The Morgan fingerprint density at radius 2 is 1.62 bits per heavy atom. The van der Waals surface area contributed by atoms with Crippen molar-refractivity contribution in [1.82, 2.24) is 10.2 Å². The molecular weight excluding hydrogens is 510 g/mol. The van der Waals surface area contributed by atoms with Gasteiger partial charge in [-0.3, -0.25) is 14.4 Å². The van der Waals surface area contributed by atoms with E-state index in [0.717, 1.165) is 36.9 Å². The number of Topliss-reactive ketones (excluding diaryl/α,β-unsaturated/α-hetero) is 2.